The van der Waals surface area contributed by atoms with Crippen molar-refractivity contribution in [1.29, 1.82) is 0 Å². The summed E-state index contributed by atoms with van der Waals surface area (Å²) in [6, 6.07) is 17.5. The number of Topliss-reactive ketones (excluding diaryl/α,β-unsaturated/α-hetero) is 2. The Bertz CT molecular complexity index is 1220. The number of hydrogen-bond donors (Lipinski definition) is 3. The molecule has 2 aromatic carbocycles. The van der Waals surface area contributed by atoms with E-state index in [0.29, 0.717) is 23.2 Å². The fourth-order valence-corrected chi connectivity index (χ4v) is 3.05. The molecule has 12 heteroatoms. The number of benzene rings is 2. The summed E-state index contributed by atoms with van der Waals surface area (Å²) >= 11 is 0. The molecule has 3 N–H and O–H groups in total. The lowest BCUT2D eigenvalue weighted by molar-refractivity contribution is 0.0961. The van der Waals surface area contributed by atoms with Crippen LogP contribution in [0.25, 0.3) is 0 Å². The number of anilines is 2. The number of amides is 1. The number of nitrogens with zero attached hydrogens (tertiary/aromatic N) is 4. The molecule has 0 aliphatic rings. The first-order valence-electron chi connectivity index (χ1n) is 14.8. The van der Waals surface area contributed by atoms with Crippen LogP contribution in [0.3, 0.4) is 0 Å². The molecule has 3 aromatic rings. The zero-order valence-corrected chi connectivity index (χ0v) is 28.8. The number of hydrazone groups is 2. The van der Waals surface area contributed by atoms with Crippen LogP contribution in [0.1, 0.15) is 77.3 Å². The highest BCUT2D eigenvalue weighted by Crippen LogP contribution is 2.10. The number of ether oxygens (including phenoxy) is 2. The Morgan fingerprint density at radius 3 is 1.40 bits per heavy atom. The highest BCUT2D eigenvalue weighted by Gasteiger charge is 2.01. The number of carbonyl (C=O) groups is 3. The summed E-state index contributed by atoms with van der Waals surface area (Å²) < 4.78 is 9.38. The van der Waals surface area contributed by atoms with Gasteiger partial charge in [0.1, 0.15) is 0 Å². The van der Waals surface area contributed by atoms with Crippen LogP contribution < -0.4 is 16.2 Å². The van der Waals surface area contributed by atoms with Gasteiger partial charge in [0.2, 0.25) is 0 Å². The molecule has 12 nitrogen and oxygen atoms in total. The Kier molecular flexibility index (Phi) is 27.8. The van der Waals surface area contributed by atoms with Crippen molar-refractivity contribution in [3.05, 3.63) is 89.2 Å². The van der Waals surface area contributed by atoms with Gasteiger partial charge >= 0.3 is 0 Å². The first kappa shape index (κ1) is 44.1. The van der Waals surface area contributed by atoms with E-state index in [4.69, 9.17) is 9.47 Å². The predicted octanol–water partition coefficient (Wildman–Crippen LogP) is 6.56. The molecule has 0 aliphatic heterocycles. The van der Waals surface area contributed by atoms with E-state index in [-0.39, 0.29) is 17.5 Å². The molecule has 0 radical (unpaired) electrons. The summed E-state index contributed by atoms with van der Waals surface area (Å²) in [5.41, 5.74) is 9.76. The van der Waals surface area contributed by atoms with Crippen molar-refractivity contribution in [1.82, 2.24) is 10.3 Å². The lowest BCUT2D eigenvalue weighted by Crippen LogP contribution is -2.17. The molecule has 3 rings (SSSR count). The third-order valence-corrected chi connectivity index (χ3v) is 5.40. The van der Waals surface area contributed by atoms with Crippen LogP contribution in [0, 0.1) is 0 Å². The highest BCUT2D eigenvalue weighted by atomic mass is 16.5. The SMILES string of the molecule is C=NCc1ccc(C(C)=O)cn1.C=NNc1ccc(C(=O)NC)cc1.C=NNc1ccc(C(C)=O)cc1.CCCOC.CCCOC. The lowest BCUT2D eigenvalue weighted by atomic mass is 10.1. The van der Waals surface area contributed by atoms with Gasteiger partial charge in [0.05, 0.1) is 23.6 Å². The molecule has 1 heterocycles. The number of carbonyl (C=O) groups excluding carboxylic acids is 3. The Labute approximate surface area is 279 Å². The normalized spacial score (nSPS) is 9.00. The van der Waals surface area contributed by atoms with E-state index in [2.05, 4.69) is 70.3 Å². The maximum absolute atomic E-state index is 11.1. The van der Waals surface area contributed by atoms with Crippen molar-refractivity contribution in [3.63, 3.8) is 0 Å². The minimum Gasteiger partial charge on any atom is -0.385 e. The minimum atomic E-state index is -0.0990. The van der Waals surface area contributed by atoms with Crippen LogP contribution >= 0.6 is 0 Å². The first-order chi connectivity index (χ1) is 22.6. The van der Waals surface area contributed by atoms with Crippen LogP contribution in [0.2, 0.25) is 0 Å². The molecule has 1 aromatic heterocycles. The van der Waals surface area contributed by atoms with Crippen molar-refractivity contribution in [2.24, 2.45) is 15.2 Å². The maximum atomic E-state index is 11.1. The number of rotatable bonds is 13. The van der Waals surface area contributed by atoms with Gasteiger partial charge in [0, 0.05) is 70.8 Å². The molecule has 0 fully saturated rings. The van der Waals surface area contributed by atoms with E-state index in [1.807, 2.05) is 0 Å². The average molecular weight is 650 g/mol. The maximum Gasteiger partial charge on any atom is 0.251 e. The number of aliphatic imine (C=N–C) groups is 1. The van der Waals surface area contributed by atoms with E-state index in [1.165, 1.54) is 13.8 Å². The number of hydrogen-bond acceptors (Lipinski definition) is 11. The number of aromatic nitrogens is 1. The van der Waals surface area contributed by atoms with Crippen LogP contribution in [0.5, 0.6) is 0 Å². The molecule has 0 saturated heterocycles. The summed E-state index contributed by atoms with van der Waals surface area (Å²) in [4.78, 5) is 40.5. The summed E-state index contributed by atoms with van der Waals surface area (Å²) in [5, 5.41) is 9.53. The van der Waals surface area contributed by atoms with E-state index >= 15 is 0 Å². The second-order valence-corrected chi connectivity index (χ2v) is 9.29. The summed E-state index contributed by atoms with van der Waals surface area (Å²) in [6.45, 7) is 19.4. The molecule has 1 amide bonds. The summed E-state index contributed by atoms with van der Waals surface area (Å²) in [5.74, 6) is -0.00756. The van der Waals surface area contributed by atoms with Gasteiger partial charge in [-0.3, -0.25) is 35.2 Å². The van der Waals surface area contributed by atoms with Crippen molar-refractivity contribution in [2.75, 3.05) is 45.3 Å². The van der Waals surface area contributed by atoms with Crippen molar-refractivity contribution in [2.45, 2.75) is 47.1 Å². The third-order valence-electron chi connectivity index (χ3n) is 5.40. The fourth-order valence-electron chi connectivity index (χ4n) is 3.05. The van der Waals surface area contributed by atoms with Gasteiger partial charge in [0.25, 0.3) is 5.91 Å². The van der Waals surface area contributed by atoms with E-state index in [0.717, 1.165) is 43.1 Å². The van der Waals surface area contributed by atoms with Gasteiger partial charge in [-0.25, -0.2) is 0 Å². The van der Waals surface area contributed by atoms with Gasteiger partial charge in [0.15, 0.2) is 11.6 Å². The quantitative estimate of drug-likeness (QED) is 0.107. The Balaban J connectivity index is 0. The molecule has 47 heavy (non-hydrogen) atoms. The molecule has 256 valence electrons. The van der Waals surface area contributed by atoms with Crippen LogP contribution in [0.15, 0.2) is 82.1 Å². The fraction of sp³-hybridized carbons (Fsp3) is 0.343. The zero-order valence-electron chi connectivity index (χ0n) is 28.8. The van der Waals surface area contributed by atoms with Gasteiger partial charge in [-0.05, 0) is 94.1 Å². The first-order valence-corrected chi connectivity index (χ1v) is 14.8. The zero-order chi connectivity index (χ0) is 35.9. The van der Waals surface area contributed by atoms with Gasteiger partial charge in [-0.1, -0.05) is 13.8 Å². The minimum absolute atomic E-state index is 0.0283. The van der Waals surface area contributed by atoms with E-state index in [1.54, 1.807) is 88.1 Å². The molecule has 0 spiro atoms. The molecule has 0 atom stereocenters. The van der Waals surface area contributed by atoms with Gasteiger partial charge in [-0.15, -0.1) is 0 Å². The van der Waals surface area contributed by atoms with Crippen LogP contribution in [-0.4, -0.2) is 77.1 Å². The summed E-state index contributed by atoms with van der Waals surface area (Å²) in [6.07, 6.45) is 3.80. The Morgan fingerprint density at radius 1 is 0.702 bits per heavy atom. The molecule has 0 saturated carbocycles. The molecule has 0 unspecified atom stereocenters. The van der Waals surface area contributed by atoms with Crippen LogP contribution in [-0.2, 0) is 16.0 Å². The van der Waals surface area contributed by atoms with Crippen molar-refractivity contribution < 1.29 is 23.9 Å². The van der Waals surface area contributed by atoms with Gasteiger partial charge < -0.3 is 14.8 Å². The monoisotopic (exact) mass is 649 g/mol. The predicted molar refractivity (Wildman–Crippen MR) is 194 cm³/mol. The topological polar surface area (TPSA) is 156 Å². The third kappa shape index (κ3) is 23.0. The average Bonchev–Trinajstić information content (AvgIpc) is 3.08. The molecular weight excluding hydrogens is 598 g/mol. The number of pyridine rings is 1. The second-order valence-electron chi connectivity index (χ2n) is 9.29. The van der Waals surface area contributed by atoms with E-state index in [9.17, 15) is 14.4 Å². The summed E-state index contributed by atoms with van der Waals surface area (Å²) in [7, 11) is 5.02. The largest absolute Gasteiger partial charge is 0.385 e. The number of ketones is 2. The number of methoxy groups -OCH3 is 2. The highest BCUT2D eigenvalue weighted by molar-refractivity contribution is 5.95. The molecule has 0 aliphatic carbocycles. The van der Waals surface area contributed by atoms with Crippen LogP contribution in [0.4, 0.5) is 11.4 Å². The van der Waals surface area contributed by atoms with Gasteiger partial charge in [-0.2, -0.15) is 10.2 Å². The van der Waals surface area contributed by atoms with Crippen molar-refractivity contribution >= 4 is 49.0 Å². The number of nitrogens with one attached hydrogen (secondary N) is 3. The standard InChI is InChI=1S/C9H11N3O.2C9H10N2O.2C4H10O/c1-10-9(13)7-3-5-8(6-4-7)12-11-2;1-7(12)8-3-5-9(6-4-8)11-10-2;1-7(12)8-3-4-9(6-10-2)11-5-8;2*1-3-4-5-2/h3-6,12H,2H2,1H3,(H,10,13);3-6,11H,2H2,1H3;3-5H,2,6H2,1H3;2*3-4H2,1-2H3. The lowest BCUT2D eigenvalue weighted by Gasteiger charge is -2.01. The second kappa shape index (κ2) is 29.6. The van der Waals surface area contributed by atoms with E-state index < -0.39 is 0 Å². The van der Waals surface area contributed by atoms with Crippen molar-refractivity contribution in [3.8, 4) is 0 Å². The smallest absolute Gasteiger partial charge is 0.251 e. The Hall–Kier alpha value is -5.07. The Morgan fingerprint density at radius 2 is 1.13 bits per heavy atom. The molecule has 0 bridgehead atoms. The molecular formula is C35H51N7O5.